The van der Waals surface area contributed by atoms with Crippen molar-refractivity contribution >= 4 is 23.6 Å². The van der Waals surface area contributed by atoms with Crippen LogP contribution in [0.25, 0.3) is 0 Å². The van der Waals surface area contributed by atoms with E-state index in [1.165, 1.54) is 0 Å². The van der Waals surface area contributed by atoms with Crippen LogP contribution in [0, 0.1) is 11.8 Å². The number of amides is 2. The summed E-state index contributed by atoms with van der Waals surface area (Å²) in [4.78, 5) is 24.8. The fourth-order valence-corrected chi connectivity index (χ4v) is 2.79. The summed E-state index contributed by atoms with van der Waals surface area (Å²) in [5, 5.41) is 12.5. The van der Waals surface area contributed by atoms with E-state index in [-0.39, 0.29) is 18.5 Å². The molecule has 1 aromatic carbocycles. The first-order valence-electron chi connectivity index (χ1n) is 7.59. The molecule has 23 heavy (non-hydrogen) atoms. The number of carbonyl (C=O) groups excluding carboxylic acids is 1. The Morgan fingerprint density at radius 2 is 2.04 bits per heavy atom. The van der Waals surface area contributed by atoms with Crippen molar-refractivity contribution in [1.29, 1.82) is 0 Å². The van der Waals surface area contributed by atoms with Gasteiger partial charge in [0.1, 0.15) is 12.4 Å². The van der Waals surface area contributed by atoms with Gasteiger partial charge in [0, 0.05) is 18.1 Å². The van der Waals surface area contributed by atoms with Crippen molar-refractivity contribution in [2.45, 2.75) is 13.3 Å². The SMILES string of the molecule is CC1CC(C(=O)O)CN(C(=O)NCCOc2ccc(Cl)cc2)C1. The molecule has 0 radical (unpaired) electrons. The normalized spacial score (nSPS) is 20.9. The molecule has 2 N–H and O–H groups in total. The van der Waals surface area contributed by atoms with Gasteiger partial charge in [-0.25, -0.2) is 4.79 Å². The average molecular weight is 341 g/mol. The van der Waals surface area contributed by atoms with E-state index in [0.29, 0.717) is 36.9 Å². The minimum absolute atomic E-state index is 0.181. The Morgan fingerprint density at radius 1 is 1.35 bits per heavy atom. The van der Waals surface area contributed by atoms with E-state index in [1.54, 1.807) is 29.2 Å². The highest BCUT2D eigenvalue weighted by molar-refractivity contribution is 6.30. The summed E-state index contributed by atoms with van der Waals surface area (Å²) >= 11 is 5.79. The molecule has 0 saturated carbocycles. The molecule has 2 unspecified atom stereocenters. The van der Waals surface area contributed by atoms with Crippen molar-refractivity contribution in [2.75, 3.05) is 26.2 Å². The van der Waals surface area contributed by atoms with E-state index < -0.39 is 11.9 Å². The van der Waals surface area contributed by atoms with Gasteiger partial charge in [-0.15, -0.1) is 0 Å². The van der Waals surface area contributed by atoms with Crippen molar-refractivity contribution in [3.63, 3.8) is 0 Å². The van der Waals surface area contributed by atoms with Crippen LogP contribution in [0.1, 0.15) is 13.3 Å². The van der Waals surface area contributed by atoms with Crippen LogP contribution in [-0.4, -0.2) is 48.2 Å². The number of nitrogens with one attached hydrogen (secondary N) is 1. The summed E-state index contributed by atoms with van der Waals surface area (Å²) in [6, 6.07) is 6.73. The monoisotopic (exact) mass is 340 g/mol. The predicted octanol–water partition coefficient (Wildman–Crippen LogP) is 2.47. The Hall–Kier alpha value is -1.95. The number of rotatable bonds is 5. The minimum atomic E-state index is -0.847. The first-order valence-corrected chi connectivity index (χ1v) is 7.97. The molecule has 1 aliphatic heterocycles. The molecule has 7 heteroatoms. The highest BCUT2D eigenvalue weighted by Crippen LogP contribution is 2.21. The number of urea groups is 1. The summed E-state index contributed by atoms with van der Waals surface area (Å²) in [5.74, 6) is -0.475. The Morgan fingerprint density at radius 3 is 2.70 bits per heavy atom. The molecule has 6 nitrogen and oxygen atoms in total. The number of hydrogen-bond donors (Lipinski definition) is 2. The van der Waals surface area contributed by atoms with E-state index in [2.05, 4.69) is 5.32 Å². The summed E-state index contributed by atoms with van der Waals surface area (Å²) < 4.78 is 5.49. The van der Waals surface area contributed by atoms with Crippen LogP contribution in [-0.2, 0) is 4.79 Å². The molecule has 126 valence electrons. The van der Waals surface area contributed by atoms with Gasteiger partial charge in [0.15, 0.2) is 0 Å². The quantitative estimate of drug-likeness (QED) is 0.807. The maximum absolute atomic E-state index is 12.1. The second-order valence-corrected chi connectivity index (χ2v) is 6.25. The van der Waals surface area contributed by atoms with Gasteiger partial charge >= 0.3 is 12.0 Å². The topological polar surface area (TPSA) is 78.9 Å². The van der Waals surface area contributed by atoms with Crippen LogP contribution < -0.4 is 10.1 Å². The Labute approximate surface area is 140 Å². The summed E-state index contributed by atoms with van der Waals surface area (Å²) in [5.41, 5.74) is 0. The number of ether oxygens (including phenoxy) is 1. The lowest BCUT2D eigenvalue weighted by Gasteiger charge is -2.34. The number of likely N-dealkylation sites (tertiary alicyclic amines) is 1. The van der Waals surface area contributed by atoms with Gasteiger partial charge in [-0.05, 0) is 36.6 Å². The molecule has 2 rings (SSSR count). The molecule has 0 aromatic heterocycles. The number of halogens is 1. The van der Waals surface area contributed by atoms with Crippen molar-refractivity contribution in [2.24, 2.45) is 11.8 Å². The van der Waals surface area contributed by atoms with Crippen molar-refractivity contribution < 1.29 is 19.4 Å². The molecule has 1 heterocycles. The van der Waals surface area contributed by atoms with Gasteiger partial charge in [-0.2, -0.15) is 0 Å². The number of nitrogens with zero attached hydrogens (tertiary/aromatic N) is 1. The van der Waals surface area contributed by atoms with Crippen LogP contribution in [0.2, 0.25) is 5.02 Å². The fraction of sp³-hybridized carbons (Fsp3) is 0.500. The smallest absolute Gasteiger partial charge is 0.317 e. The third-order valence-corrected chi connectivity index (χ3v) is 4.01. The number of carboxylic acid groups (broad SMARTS) is 1. The van der Waals surface area contributed by atoms with E-state index >= 15 is 0 Å². The van der Waals surface area contributed by atoms with E-state index in [1.807, 2.05) is 6.92 Å². The lowest BCUT2D eigenvalue weighted by Crippen LogP contribution is -2.50. The van der Waals surface area contributed by atoms with E-state index in [9.17, 15) is 9.59 Å². The third kappa shape index (κ3) is 5.32. The first-order chi connectivity index (χ1) is 11.0. The van der Waals surface area contributed by atoms with Gasteiger partial charge in [-0.3, -0.25) is 4.79 Å². The van der Waals surface area contributed by atoms with Crippen LogP contribution >= 0.6 is 11.6 Å². The second kappa shape index (κ2) is 8.06. The highest BCUT2D eigenvalue weighted by atomic mass is 35.5. The zero-order chi connectivity index (χ0) is 16.8. The lowest BCUT2D eigenvalue weighted by atomic mass is 9.91. The Bertz CT molecular complexity index is 550. The minimum Gasteiger partial charge on any atom is -0.492 e. The molecule has 0 aliphatic carbocycles. The molecule has 0 bridgehead atoms. The summed E-state index contributed by atoms with van der Waals surface area (Å²) in [7, 11) is 0. The van der Waals surface area contributed by atoms with Gasteiger partial charge in [-0.1, -0.05) is 18.5 Å². The van der Waals surface area contributed by atoms with Crippen molar-refractivity contribution in [3.8, 4) is 5.75 Å². The van der Waals surface area contributed by atoms with Crippen molar-refractivity contribution in [3.05, 3.63) is 29.3 Å². The van der Waals surface area contributed by atoms with Gasteiger partial charge in [0.25, 0.3) is 0 Å². The number of carbonyl (C=O) groups is 2. The highest BCUT2D eigenvalue weighted by Gasteiger charge is 2.31. The standard InChI is InChI=1S/C16H21ClN2O4/c1-11-8-12(15(20)21)10-19(9-11)16(22)18-6-7-23-14-4-2-13(17)3-5-14/h2-5,11-12H,6-10H2,1H3,(H,18,22)(H,20,21). The summed E-state index contributed by atoms with van der Waals surface area (Å²) in [6.45, 7) is 3.47. The number of hydrogen-bond acceptors (Lipinski definition) is 3. The van der Waals surface area contributed by atoms with Crippen LogP contribution in [0.15, 0.2) is 24.3 Å². The van der Waals surface area contributed by atoms with Crippen LogP contribution in [0.5, 0.6) is 5.75 Å². The predicted molar refractivity (Wildman–Crippen MR) is 86.8 cm³/mol. The number of carboxylic acids is 1. The first kappa shape index (κ1) is 17.4. The molecule has 1 aromatic rings. The molecular formula is C16H21ClN2O4. The third-order valence-electron chi connectivity index (χ3n) is 3.76. The van der Waals surface area contributed by atoms with E-state index in [0.717, 1.165) is 0 Å². The maximum atomic E-state index is 12.1. The van der Waals surface area contributed by atoms with Gasteiger partial charge < -0.3 is 20.1 Å². The molecule has 2 atom stereocenters. The van der Waals surface area contributed by atoms with Gasteiger partial charge in [0.2, 0.25) is 0 Å². The molecule has 1 aliphatic rings. The Balaban J connectivity index is 1.73. The number of piperidine rings is 1. The molecule has 1 fully saturated rings. The van der Waals surface area contributed by atoms with Crippen LogP contribution in [0.4, 0.5) is 4.79 Å². The zero-order valence-electron chi connectivity index (χ0n) is 13.0. The molecule has 2 amide bonds. The zero-order valence-corrected chi connectivity index (χ0v) is 13.8. The maximum Gasteiger partial charge on any atom is 0.317 e. The number of aliphatic carboxylic acids is 1. The summed E-state index contributed by atoms with van der Waals surface area (Å²) in [6.07, 6.45) is 0.610. The van der Waals surface area contributed by atoms with Crippen LogP contribution in [0.3, 0.4) is 0 Å². The lowest BCUT2D eigenvalue weighted by molar-refractivity contribution is -0.143. The van der Waals surface area contributed by atoms with Crippen molar-refractivity contribution in [1.82, 2.24) is 10.2 Å². The Kier molecular flexibility index (Phi) is 6.10. The molecular weight excluding hydrogens is 320 g/mol. The van der Waals surface area contributed by atoms with E-state index in [4.69, 9.17) is 21.4 Å². The molecule has 0 spiro atoms. The average Bonchev–Trinajstić information content (AvgIpc) is 2.52. The largest absolute Gasteiger partial charge is 0.492 e. The number of benzene rings is 1. The fourth-order valence-electron chi connectivity index (χ4n) is 2.67. The van der Waals surface area contributed by atoms with Gasteiger partial charge in [0.05, 0.1) is 12.5 Å². The molecule has 1 saturated heterocycles. The second-order valence-electron chi connectivity index (χ2n) is 5.82.